The van der Waals surface area contributed by atoms with Gasteiger partial charge in [0.25, 0.3) is 0 Å². The third kappa shape index (κ3) is 3.30. The van der Waals surface area contributed by atoms with E-state index in [9.17, 15) is 4.79 Å². The van der Waals surface area contributed by atoms with Crippen molar-refractivity contribution in [2.45, 2.75) is 64.9 Å². The molecule has 0 aliphatic carbocycles. The highest BCUT2D eigenvalue weighted by Crippen LogP contribution is 2.28. The zero-order valence-electron chi connectivity index (χ0n) is 10.3. The molecule has 0 aromatic carbocycles. The van der Waals surface area contributed by atoms with Crippen LogP contribution < -0.4 is 0 Å². The Morgan fingerprint density at radius 2 is 2.00 bits per heavy atom. The molecule has 1 fully saturated rings. The second-order valence-corrected chi connectivity index (χ2v) is 4.85. The first-order valence-corrected chi connectivity index (χ1v) is 6.29. The van der Waals surface area contributed by atoms with Gasteiger partial charge in [-0.3, -0.25) is 4.79 Å². The molecule has 2 nitrogen and oxygen atoms in total. The molecule has 1 heterocycles. The fraction of sp³-hybridized carbons (Fsp3) is 0.923. The number of ketones is 1. The average Bonchev–Trinajstić information content (AvgIpc) is 2.26. The lowest BCUT2D eigenvalue weighted by atomic mass is 9.85. The minimum absolute atomic E-state index is 0.316. The summed E-state index contributed by atoms with van der Waals surface area (Å²) >= 11 is 0. The molecule has 0 bridgehead atoms. The molecule has 0 saturated carbocycles. The molecule has 0 radical (unpaired) electrons. The maximum absolute atomic E-state index is 12.1. The van der Waals surface area contributed by atoms with E-state index in [0.717, 1.165) is 38.7 Å². The lowest BCUT2D eigenvalue weighted by molar-refractivity contribution is -0.149. The molecule has 1 atom stereocenters. The van der Waals surface area contributed by atoms with Gasteiger partial charge in [-0.05, 0) is 32.1 Å². The molecular weight excluding hydrogens is 188 g/mol. The van der Waals surface area contributed by atoms with Crippen molar-refractivity contribution in [2.24, 2.45) is 5.92 Å². The monoisotopic (exact) mass is 212 g/mol. The van der Waals surface area contributed by atoms with Crippen LogP contribution in [-0.4, -0.2) is 18.0 Å². The van der Waals surface area contributed by atoms with Crippen molar-refractivity contribution < 1.29 is 9.53 Å². The van der Waals surface area contributed by atoms with E-state index in [1.54, 1.807) is 0 Å². The molecule has 1 unspecified atom stereocenters. The third-order valence-corrected chi connectivity index (χ3v) is 3.69. The van der Waals surface area contributed by atoms with E-state index >= 15 is 0 Å². The van der Waals surface area contributed by atoms with Gasteiger partial charge >= 0.3 is 0 Å². The Bertz CT molecular complexity index is 201. The standard InChI is InChI=1S/C13H24O2/c1-4-11(5-2)10-12(14)13(3)8-6-7-9-15-13/h11H,4-10H2,1-3H3. The molecule has 1 rings (SSSR count). The maximum atomic E-state index is 12.1. The Balaban J connectivity index is 2.50. The minimum atomic E-state index is -0.471. The topological polar surface area (TPSA) is 26.3 Å². The van der Waals surface area contributed by atoms with Gasteiger partial charge in [0.15, 0.2) is 5.78 Å². The van der Waals surface area contributed by atoms with Gasteiger partial charge in [0, 0.05) is 13.0 Å². The number of carbonyl (C=O) groups excluding carboxylic acids is 1. The first-order valence-electron chi connectivity index (χ1n) is 6.29. The van der Waals surface area contributed by atoms with Gasteiger partial charge in [0.2, 0.25) is 0 Å². The molecule has 1 saturated heterocycles. The van der Waals surface area contributed by atoms with Crippen molar-refractivity contribution in [3.05, 3.63) is 0 Å². The summed E-state index contributed by atoms with van der Waals surface area (Å²) in [6.45, 7) is 7.04. The van der Waals surface area contributed by atoms with Gasteiger partial charge in [0.05, 0.1) is 0 Å². The van der Waals surface area contributed by atoms with Gasteiger partial charge in [-0.2, -0.15) is 0 Å². The predicted octanol–water partition coefficient (Wildman–Crippen LogP) is 3.34. The van der Waals surface area contributed by atoms with E-state index < -0.39 is 5.60 Å². The smallest absolute Gasteiger partial charge is 0.164 e. The Hall–Kier alpha value is -0.370. The molecule has 0 N–H and O–H groups in total. The van der Waals surface area contributed by atoms with Gasteiger partial charge in [-0.15, -0.1) is 0 Å². The number of ether oxygens (including phenoxy) is 1. The average molecular weight is 212 g/mol. The number of hydrogen-bond donors (Lipinski definition) is 0. The van der Waals surface area contributed by atoms with Crippen LogP contribution in [0.15, 0.2) is 0 Å². The van der Waals surface area contributed by atoms with Crippen LogP contribution in [0.4, 0.5) is 0 Å². The number of hydrogen-bond acceptors (Lipinski definition) is 2. The third-order valence-electron chi connectivity index (χ3n) is 3.69. The predicted molar refractivity (Wildman–Crippen MR) is 61.9 cm³/mol. The molecule has 2 heteroatoms. The van der Waals surface area contributed by atoms with Crippen molar-refractivity contribution in [1.82, 2.24) is 0 Å². The molecule has 0 spiro atoms. The van der Waals surface area contributed by atoms with Gasteiger partial charge in [-0.25, -0.2) is 0 Å². The van der Waals surface area contributed by atoms with E-state index in [4.69, 9.17) is 4.74 Å². The summed E-state index contributed by atoms with van der Waals surface area (Å²) in [4.78, 5) is 12.1. The minimum Gasteiger partial charge on any atom is -0.368 e. The van der Waals surface area contributed by atoms with Crippen LogP contribution in [0.1, 0.15) is 59.3 Å². The van der Waals surface area contributed by atoms with Crippen LogP contribution in [0.5, 0.6) is 0 Å². The van der Waals surface area contributed by atoms with Gasteiger partial charge in [0.1, 0.15) is 5.60 Å². The number of rotatable bonds is 5. The Morgan fingerprint density at radius 1 is 1.33 bits per heavy atom. The summed E-state index contributed by atoms with van der Waals surface area (Å²) in [6, 6.07) is 0. The van der Waals surface area contributed by atoms with Crippen LogP contribution in [0.2, 0.25) is 0 Å². The van der Waals surface area contributed by atoms with E-state index in [-0.39, 0.29) is 0 Å². The molecule has 0 aromatic heterocycles. The van der Waals surface area contributed by atoms with Crippen LogP contribution in [-0.2, 0) is 9.53 Å². The van der Waals surface area contributed by atoms with Crippen LogP contribution in [0.3, 0.4) is 0 Å². The summed E-state index contributed by atoms with van der Waals surface area (Å²) in [5.74, 6) is 0.857. The molecule has 88 valence electrons. The Morgan fingerprint density at radius 3 is 2.47 bits per heavy atom. The van der Waals surface area contributed by atoms with E-state index in [0.29, 0.717) is 18.1 Å². The normalized spacial score (nSPS) is 26.9. The highest BCUT2D eigenvalue weighted by molar-refractivity contribution is 5.87. The van der Waals surface area contributed by atoms with Gasteiger partial charge in [-0.1, -0.05) is 26.7 Å². The molecule has 1 aliphatic rings. The molecular formula is C13H24O2. The lowest BCUT2D eigenvalue weighted by Crippen LogP contribution is -2.42. The summed E-state index contributed by atoms with van der Waals surface area (Å²) in [5, 5.41) is 0. The summed E-state index contributed by atoms with van der Waals surface area (Å²) in [6.07, 6.45) is 6.03. The zero-order valence-corrected chi connectivity index (χ0v) is 10.3. The second-order valence-electron chi connectivity index (χ2n) is 4.85. The fourth-order valence-corrected chi connectivity index (χ4v) is 2.21. The van der Waals surface area contributed by atoms with Crippen molar-refractivity contribution in [3.8, 4) is 0 Å². The molecule has 0 amide bonds. The largest absolute Gasteiger partial charge is 0.368 e. The van der Waals surface area contributed by atoms with Crippen molar-refractivity contribution >= 4 is 5.78 Å². The lowest BCUT2D eigenvalue weighted by Gasteiger charge is -2.33. The van der Waals surface area contributed by atoms with Crippen LogP contribution in [0.25, 0.3) is 0 Å². The summed E-state index contributed by atoms with van der Waals surface area (Å²) in [7, 11) is 0. The van der Waals surface area contributed by atoms with Crippen LogP contribution >= 0.6 is 0 Å². The van der Waals surface area contributed by atoms with Crippen LogP contribution in [0, 0.1) is 5.92 Å². The SMILES string of the molecule is CCC(CC)CC(=O)C1(C)CCCCO1. The van der Waals surface area contributed by atoms with Crippen molar-refractivity contribution in [1.29, 1.82) is 0 Å². The maximum Gasteiger partial charge on any atom is 0.164 e. The first-order chi connectivity index (χ1) is 7.12. The quantitative estimate of drug-likeness (QED) is 0.698. The first kappa shape index (κ1) is 12.7. The van der Waals surface area contributed by atoms with Crippen molar-refractivity contribution in [3.63, 3.8) is 0 Å². The molecule has 0 aromatic rings. The fourth-order valence-electron chi connectivity index (χ4n) is 2.21. The Labute approximate surface area is 93.4 Å². The second kappa shape index (κ2) is 5.64. The van der Waals surface area contributed by atoms with Crippen molar-refractivity contribution in [2.75, 3.05) is 6.61 Å². The van der Waals surface area contributed by atoms with E-state index in [1.165, 1.54) is 0 Å². The number of Topliss-reactive ketones (excluding diaryl/α,β-unsaturated/α-hetero) is 1. The molecule has 1 aliphatic heterocycles. The van der Waals surface area contributed by atoms with Gasteiger partial charge < -0.3 is 4.74 Å². The highest BCUT2D eigenvalue weighted by atomic mass is 16.5. The summed E-state index contributed by atoms with van der Waals surface area (Å²) in [5.41, 5.74) is -0.471. The molecule has 15 heavy (non-hydrogen) atoms. The number of carbonyl (C=O) groups is 1. The van der Waals surface area contributed by atoms with E-state index in [1.807, 2.05) is 6.92 Å². The highest BCUT2D eigenvalue weighted by Gasteiger charge is 2.35. The van der Waals surface area contributed by atoms with E-state index in [2.05, 4.69) is 13.8 Å². The zero-order chi connectivity index (χ0) is 11.3. The Kier molecular flexibility index (Phi) is 4.78. The summed E-state index contributed by atoms with van der Waals surface area (Å²) < 4.78 is 5.67.